The summed E-state index contributed by atoms with van der Waals surface area (Å²) in [5.74, 6) is -0.862. The van der Waals surface area contributed by atoms with Crippen molar-refractivity contribution in [1.29, 1.82) is 0 Å². The third-order valence-electron chi connectivity index (χ3n) is 6.29. The normalized spacial score (nSPS) is 22.4. The van der Waals surface area contributed by atoms with Gasteiger partial charge in [-0.15, -0.1) is 0 Å². The molecule has 7 heteroatoms. The lowest BCUT2D eigenvalue weighted by molar-refractivity contribution is -0.140. The van der Waals surface area contributed by atoms with Crippen LogP contribution < -0.4 is 4.74 Å². The van der Waals surface area contributed by atoms with E-state index in [1.165, 1.54) is 4.90 Å². The van der Waals surface area contributed by atoms with Gasteiger partial charge < -0.3 is 24.5 Å². The Hall–Kier alpha value is -3.58. The molecule has 2 N–H and O–H groups in total. The Balaban J connectivity index is 1.65. The number of hydrogen-bond acceptors (Lipinski definition) is 5. The fourth-order valence-corrected chi connectivity index (χ4v) is 4.78. The van der Waals surface area contributed by atoms with Gasteiger partial charge >= 0.3 is 0 Å². The number of rotatable bonds is 6. The van der Waals surface area contributed by atoms with Crippen LogP contribution in [0.1, 0.15) is 36.9 Å². The summed E-state index contributed by atoms with van der Waals surface area (Å²) in [7, 11) is 0. The number of aliphatic hydroxyl groups is 1. The molecule has 2 unspecified atom stereocenters. The molecule has 1 amide bonds. The van der Waals surface area contributed by atoms with Crippen LogP contribution in [0.5, 0.6) is 5.75 Å². The van der Waals surface area contributed by atoms with Gasteiger partial charge in [-0.2, -0.15) is 0 Å². The molecule has 2 aliphatic rings. The highest BCUT2D eigenvalue weighted by molar-refractivity contribution is 6.46. The fourth-order valence-electron chi connectivity index (χ4n) is 4.78. The van der Waals surface area contributed by atoms with Crippen molar-refractivity contribution in [1.82, 2.24) is 9.88 Å². The van der Waals surface area contributed by atoms with Crippen LogP contribution in [-0.2, 0) is 14.3 Å². The number of ether oxygens (including phenoxy) is 2. The van der Waals surface area contributed by atoms with Crippen LogP contribution in [0.15, 0.2) is 60.3 Å². The van der Waals surface area contributed by atoms with Gasteiger partial charge in [-0.05, 0) is 43.5 Å². The Morgan fingerprint density at radius 3 is 2.85 bits per heavy atom. The summed E-state index contributed by atoms with van der Waals surface area (Å²) < 4.78 is 11.4. The second-order valence-electron chi connectivity index (χ2n) is 8.34. The maximum absolute atomic E-state index is 13.3. The average Bonchev–Trinajstić information content (AvgIpc) is 3.55. The van der Waals surface area contributed by atoms with Gasteiger partial charge in [0.15, 0.2) is 0 Å². The topological polar surface area (TPSA) is 91.9 Å². The number of likely N-dealkylation sites (tertiary alicyclic amines) is 1. The molecule has 0 spiro atoms. The Labute approximate surface area is 191 Å². The predicted molar refractivity (Wildman–Crippen MR) is 124 cm³/mol. The number of amides is 1. The van der Waals surface area contributed by atoms with Crippen LogP contribution >= 0.6 is 0 Å². The highest BCUT2D eigenvalue weighted by atomic mass is 16.5. The Bertz CT molecular complexity index is 1240. The Kier molecular flexibility index (Phi) is 5.64. The molecule has 2 aliphatic heterocycles. The van der Waals surface area contributed by atoms with Gasteiger partial charge in [0.05, 0.1) is 24.3 Å². The number of carbonyl (C=O) groups excluding carboxylic acids is 2. The Morgan fingerprint density at radius 2 is 2.06 bits per heavy atom. The molecule has 0 saturated carbocycles. The van der Waals surface area contributed by atoms with E-state index >= 15 is 0 Å². The number of aromatic nitrogens is 1. The summed E-state index contributed by atoms with van der Waals surface area (Å²) in [6.45, 7) is 3.33. The number of fused-ring (bicyclic) bond motifs is 1. The highest BCUT2D eigenvalue weighted by Crippen LogP contribution is 2.41. The molecule has 0 bridgehead atoms. The molecule has 2 fully saturated rings. The van der Waals surface area contributed by atoms with Crippen LogP contribution in [-0.4, -0.2) is 52.5 Å². The van der Waals surface area contributed by atoms with E-state index in [0.29, 0.717) is 36.6 Å². The largest absolute Gasteiger partial charge is 0.507 e. The minimum Gasteiger partial charge on any atom is -0.507 e. The first-order valence-corrected chi connectivity index (χ1v) is 11.3. The fraction of sp³-hybridized carbons (Fsp3) is 0.308. The van der Waals surface area contributed by atoms with E-state index < -0.39 is 17.7 Å². The number of H-pyrrole nitrogens is 1. The average molecular weight is 447 g/mol. The van der Waals surface area contributed by atoms with Crippen LogP contribution in [0.3, 0.4) is 0 Å². The van der Waals surface area contributed by atoms with Gasteiger partial charge in [0.25, 0.3) is 11.7 Å². The lowest BCUT2D eigenvalue weighted by Gasteiger charge is -2.27. The molecule has 5 rings (SSSR count). The van der Waals surface area contributed by atoms with E-state index in [9.17, 15) is 14.7 Å². The maximum Gasteiger partial charge on any atom is 0.295 e. The smallest absolute Gasteiger partial charge is 0.295 e. The minimum absolute atomic E-state index is 0.0800. The van der Waals surface area contributed by atoms with Crippen molar-refractivity contribution in [2.45, 2.75) is 31.9 Å². The van der Waals surface area contributed by atoms with Crippen molar-refractivity contribution in [3.05, 3.63) is 71.4 Å². The van der Waals surface area contributed by atoms with E-state index in [1.807, 2.05) is 55.5 Å². The number of nitrogens with zero attached hydrogens (tertiary/aromatic N) is 1. The van der Waals surface area contributed by atoms with Crippen LogP contribution in [0.4, 0.5) is 0 Å². The van der Waals surface area contributed by atoms with Gasteiger partial charge in [0.2, 0.25) is 0 Å². The van der Waals surface area contributed by atoms with Crippen molar-refractivity contribution in [2.75, 3.05) is 19.8 Å². The zero-order valence-electron chi connectivity index (χ0n) is 18.4. The third-order valence-corrected chi connectivity index (χ3v) is 6.29. The predicted octanol–water partition coefficient (Wildman–Crippen LogP) is 4.17. The SMILES string of the molecule is CCOc1cccc(C2/C(=C(/O)c3c[nH]c4ccccc34)C(=O)C(=O)N2CC2CCCO2)c1. The first-order valence-electron chi connectivity index (χ1n) is 11.3. The van der Waals surface area contributed by atoms with E-state index in [4.69, 9.17) is 9.47 Å². The van der Waals surface area contributed by atoms with Gasteiger partial charge in [0.1, 0.15) is 11.5 Å². The molecule has 33 heavy (non-hydrogen) atoms. The number of Topliss-reactive ketones (excluding diaryl/α,β-unsaturated/α-hetero) is 1. The van der Waals surface area contributed by atoms with Gasteiger partial charge in [-0.3, -0.25) is 9.59 Å². The van der Waals surface area contributed by atoms with E-state index in [-0.39, 0.29) is 17.4 Å². The van der Waals surface area contributed by atoms with Crippen molar-refractivity contribution in [3.63, 3.8) is 0 Å². The standard InChI is InChI=1S/C26H26N2O5/c1-2-32-17-8-5-7-16(13-17)23-22(24(29)20-14-27-21-11-4-3-10-19(20)21)25(30)26(31)28(23)15-18-9-6-12-33-18/h3-5,7-8,10-11,13-14,18,23,27,29H,2,6,9,12,15H2,1H3/b24-22-. The van der Waals surface area contributed by atoms with E-state index in [2.05, 4.69) is 4.98 Å². The van der Waals surface area contributed by atoms with Crippen molar-refractivity contribution in [3.8, 4) is 5.75 Å². The second-order valence-corrected chi connectivity index (χ2v) is 8.34. The van der Waals surface area contributed by atoms with E-state index in [1.54, 1.807) is 6.20 Å². The molecule has 3 heterocycles. The number of hydrogen-bond donors (Lipinski definition) is 2. The summed E-state index contributed by atoms with van der Waals surface area (Å²) in [4.78, 5) is 31.1. The zero-order valence-corrected chi connectivity index (χ0v) is 18.4. The minimum atomic E-state index is -0.733. The molecule has 3 aromatic rings. The van der Waals surface area contributed by atoms with Crippen LogP contribution in [0, 0.1) is 0 Å². The van der Waals surface area contributed by atoms with Gasteiger partial charge in [-0.25, -0.2) is 0 Å². The summed E-state index contributed by atoms with van der Waals surface area (Å²) in [6.07, 6.45) is 3.29. The van der Waals surface area contributed by atoms with Crippen molar-refractivity contribution in [2.24, 2.45) is 0 Å². The highest BCUT2D eigenvalue weighted by Gasteiger charge is 2.47. The molecule has 170 valence electrons. The molecular weight excluding hydrogens is 420 g/mol. The number of aromatic amines is 1. The Morgan fingerprint density at radius 1 is 1.21 bits per heavy atom. The molecular formula is C26H26N2O5. The molecule has 1 aromatic heterocycles. The number of para-hydroxylation sites is 1. The summed E-state index contributed by atoms with van der Waals surface area (Å²) in [5.41, 5.74) is 2.12. The monoisotopic (exact) mass is 446 g/mol. The summed E-state index contributed by atoms with van der Waals surface area (Å²) in [5, 5.41) is 12.2. The molecule has 0 aliphatic carbocycles. The van der Waals surface area contributed by atoms with Gasteiger partial charge in [0, 0.05) is 35.8 Å². The van der Waals surface area contributed by atoms with Crippen LogP contribution in [0.2, 0.25) is 0 Å². The first kappa shape index (κ1) is 21.3. The van der Waals surface area contributed by atoms with Crippen molar-refractivity contribution >= 4 is 28.4 Å². The molecule has 2 saturated heterocycles. The second kappa shape index (κ2) is 8.75. The lowest BCUT2D eigenvalue weighted by Crippen LogP contribution is -2.36. The first-order chi connectivity index (χ1) is 16.1. The van der Waals surface area contributed by atoms with E-state index in [0.717, 1.165) is 23.7 Å². The third kappa shape index (κ3) is 3.78. The molecule has 0 radical (unpaired) electrons. The summed E-state index contributed by atoms with van der Waals surface area (Å²) >= 11 is 0. The number of carbonyl (C=O) groups is 2. The summed E-state index contributed by atoms with van der Waals surface area (Å²) in [6, 6.07) is 14.1. The number of benzene rings is 2. The van der Waals surface area contributed by atoms with Crippen LogP contribution in [0.25, 0.3) is 16.7 Å². The number of nitrogens with one attached hydrogen (secondary N) is 1. The molecule has 2 aromatic carbocycles. The number of aliphatic hydroxyl groups excluding tert-OH is 1. The lowest BCUT2D eigenvalue weighted by atomic mass is 9.95. The zero-order chi connectivity index (χ0) is 22.9. The maximum atomic E-state index is 13.3. The molecule has 2 atom stereocenters. The van der Waals surface area contributed by atoms with Crippen molar-refractivity contribution < 1.29 is 24.2 Å². The molecule has 7 nitrogen and oxygen atoms in total. The quantitative estimate of drug-likeness (QED) is 0.337. The van der Waals surface area contributed by atoms with Gasteiger partial charge in [-0.1, -0.05) is 30.3 Å². The number of ketones is 1.